The van der Waals surface area contributed by atoms with E-state index < -0.39 is 0 Å². The van der Waals surface area contributed by atoms with Crippen molar-refractivity contribution in [2.24, 2.45) is 17.8 Å². The van der Waals surface area contributed by atoms with E-state index in [9.17, 15) is 4.79 Å². The van der Waals surface area contributed by atoms with E-state index in [1.807, 2.05) is 24.3 Å². The fourth-order valence-electron chi connectivity index (χ4n) is 2.24. The van der Waals surface area contributed by atoms with E-state index in [4.69, 9.17) is 4.74 Å². The van der Waals surface area contributed by atoms with E-state index >= 15 is 0 Å². The molecule has 0 spiro atoms. The van der Waals surface area contributed by atoms with Crippen molar-refractivity contribution in [2.45, 2.75) is 6.92 Å². The Bertz CT molecular complexity index is 400. The Balaban J connectivity index is 2.01. The molecule has 0 radical (unpaired) electrons. The van der Waals surface area contributed by atoms with Crippen molar-refractivity contribution >= 4 is 5.97 Å². The second-order valence-corrected chi connectivity index (χ2v) is 4.74. The van der Waals surface area contributed by atoms with Gasteiger partial charge >= 0.3 is 5.97 Å². The van der Waals surface area contributed by atoms with Crippen LogP contribution in [-0.4, -0.2) is 12.6 Å². The third-order valence-electron chi connectivity index (χ3n) is 3.30. The van der Waals surface area contributed by atoms with E-state index in [0.29, 0.717) is 24.0 Å². The molecule has 0 heterocycles. The molecule has 0 bridgehead atoms. The maximum atomic E-state index is 11.5. The lowest BCUT2D eigenvalue weighted by molar-refractivity contribution is -0.140. The first-order valence-electron chi connectivity index (χ1n) is 6.21. The molecule has 0 atom stereocenters. The molecule has 2 nitrogen and oxygen atoms in total. The molecule has 0 amide bonds. The second-order valence-electron chi connectivity index (χ2n) is 4.74. The minimum Gasteiger partial charge on any atom is -0.462 e. The van der Waals surface area contributed by atoms with Gasteiger partial charge in [-0.1, -0.05) is 55.2 Å². The molecule has 0 fully saturated rings. The minimum absolute atomic E-state index is 0.262. The molecule has 0 saturated heterocycles. The molecule has 2 aliphatic carbocycles. The molecule has 0 aromatic heterocycles. The number of rotatable bonds is 5. The summed E-state index contributed by atoms with van der Waals surface area (Å²) in [6, 6.07) is 0. The maximum Gasteiger partial charge on any atom is 0.333 e. The highest BCUT2D eigenvalue weighted by molar-refractivity contribution is 5.86. The van der Waals surface area contributed by atoms with Crippen LogP contribution >= 0.6 is 0 Å². The van der Waals surface area contributed by atoms with Gasteiger partial charge in [0.05, 0.1) is 6.61 Å². The van der Waals surface area contributed by atoms with E-state index in [1.54, 1.807) is 6.92 Å². The Morgan fingerprint density at radius 2 is 1.56 bits per heavy atom. The molecule has 0 aromatic carbocycles. The zero-order valence-electron chi connectivity index (χ0n) is 10.6. The number of esters is 1. The molecular weight excluding hydrogens is 224 g/mol. The van der Waals surface area contributed by atoms with Crippen LogP contribution in [0.15, 0.2) is 60.8 Å². The molecule has 2 rings (SSSR count). The molecule has 0 aliphatic heterocycles. The number of allylic oxidation sites excluding steroid dienone is 8. The standard InChI is InChI=1S/C16H18O2/c1-12(2)16(17)18-11-15(13-7-3-4-8-13)14-9-5-6-10-14/h3-10,13-15H,1,11H2,2H3. The highest BCUT2D eigenvalue weighted by Crippen LogP contribution is 2.31. The van der Waals surface area contributed by atoms with Crippen molar-refractivity contribution in [2.75, 3.05) is 6.61 Å². The Morgan fingerprint density at radius 1 is 1.11 bits per heavy atom. The molecule has 2 heteroatoms. The van der Waals surface area contributed by atoms with E-state index in [1.165, 1.54) is 0 Å². The van der Waals surface area contributed by atoms with Gasteiger partial charge in [0, 0.05) is 23.3 Å². The van der Waals surface area contributed by atoms with Crippen LogP contribution < -0.4 is 0 Å². The van der Waals surface area contributed by atoms with Crippen molar-refractivity contribution in [3.05, 3.63) is 60.8 Å². The van der Waals surface area contributed by atoms with Gasteiger partial charge in [-0.25, -0.2) is 4.79 Å². The zero-order valence-corrected chi connectivity index (χ0v) is 10.6. The molecular formula is C16H18O2. The first-order chi connectivity index (χ1) is 8.68. The number of hydrogen-bond donors (Lipinski definition) is 0. The molecule has 94 valence electrons. The van der Waals surface area contributed by atoms with E-state index in [-0.39, 0.29) is 11.9 Å². The summed E-state index contributed by atoms with van der Waals surface area (Å²) < 4.78 is 5.32. The number of carbonyl (C=O) groups excluding carboxylic acids is 1. The van der Waals surface area contributed by atoms with Crippen LogP contribution in [0, 0.1) is 17.8 Å². The van der Waals surface area contributed by atoms with Crippen molar-refractivity contribution in [1.29, 1.82) is 0 Å². The normalized spacial score (nSPS) is 18.1. The highest BCUT2D eigenvalue weighted by Gasteiger charge is 2.27. The Labute approximate surface area is 108 Å². The predicted molar refractivity (Wildman–Crippen MR) is 72.8 cm³/mol. The Morgan fingerprint density at radius 3 is 1.94 bits per heavy atom. The summed E-state index contributed by atoms with van der Waals surface area (Å²) in [7, 11) is 0. The number of carbonyl (C=O) groups is 1. The quantitative estimate of drug-likeness (QED) is 0.546. The van der Waals surface area contributed by atoms with Crippen LogP contribution in [0.2, 0.25) is 0 Å². The zero-order chi connectivity index (χ0) is 13.0. The van der Waals surface area contributed by atoms with Crippen LogP contribution in [-0.2, 0) is 9.53 Å². The summed E-state index contributed by atoms with van der Waals surface area (Å²) in [5, 5.41) is 0. The molecule has 0 saturated carbocycles. The smallest absolute Gasteiger partial charge is 0.333 e. The molecule has 2 aliphatic rings. The molecule has 18 heavy (non-hydrogen) atoms. The van der Waals surface area contributed by atoms with Gasteiger partial charge in [0.1, 0.15) is 0 Å². The first-order valence-corrected chi connectivity index (χ1v) is 6.21. The van der Waals surface area contributed by atoms with Gasteiger partial charge in [-0.3, -0.25) is 0 Å². The van der Waals surface area contributed by atoms with Crippen molar-refractivity contribution in [3.63, 3.8) is 0 Å². The lowest BCUT2D eigenvalue weighted by Gasteiger charge is -2.24. The number of hydrogen-bond acceptors (Lipinski definition) is 2. The average Bonchev–Trinajstić information content (AvgIpc) is 3.01. The lowest BCUT2D eigenvalue weighted by atomic mass is 9.83. The second kappa shape index (κ2) is 5.67. The summed E-state index contributed by atoms with van der Waals surface area (Å²) in [6.07, 6.45) is 16.8. The number of ether oxygens (including phenoxy) is 1. The molecule has 0 aromatic rings. The van der Waals surface area contributed by atoms with Gasteiger partial charge in [-0.05, 0) is 6.92 Å². The summed E-state index contributed by atoms with van der Waals surface area (Å²) >= 11 is 0. The highest BCUT2D eigenvalue weighted by atomic mass is 16.5. The monoisotopic (exact) mass is 242 g/mol. The third-order valence-corrected chi connectivity index (χ3v) is 3.30. The maximum absolute atomic E-state index is 11.5. The summed E-state index contributed by atoms with van der Waals surface area (Å²) in [5.41, 5.74) is 0.448. The summed E-state index contributed by atoms with van der Waals surface area (Å²) in [6.45, 7) is 5.69. The van der Waals surface area contributed by atoms with Crippen LogP contribution in [0.3, 0.4) is 0 Å². The topological polar surface area (TPSA) is 26.3 Å². The Hall–Kier alpha value is -1.83. The fraction of sp³-hybridized carbons (Fsp3) is 0.312. The third kappa shape index (κ3) is 2.89. The Kier molecular flexibility index (Phi) is 3.98. The van der Waals surface area contributed by atoms with Crippen LogP contribution in [0.5, 0.6) is 0 Å². The first kappa shape index (κ1) is 12.6. The van der Waals surface area contributed by atoms with Gasteiger partial charge in [0.2, 0.25) is 0 Å². The van der Waals surface area contributed by atoms with Crippen LogP contribution in [0.4, 0.5) is 0 Å². The van der Waals surface area contributed by atoms with Gasteiger partial charge < -0.3 is 4.74 Å². The van der Waals surface area contributed by atoms with Gasteiger partial charge in [0.15, 0.2) is 0 Å². The van der Waals surface area contributed by atoms with Gasteiger partial charge in [-0.15, -0.1) is 0 Å². The van der Waals surface area contributed by atoms with E-state index in [0.717, 1.165) is 0 Å². The predicted octanol–water partition coefficient (Wildman–Crippen LogP) is 3.21. The van der Waals surface area contributed by atoms with Gasteiger partial charge in [-0.2, -0.15) is 0 Å². The van der Waals surface area contributed by atoms with Gasteiger partial charge in [0.25, 0.3) is 0 Å². The minimum atomic E-state index is -0.308. The summed E-state index contributed by atoms with van der Waals surface area (Å²) in [4.78, 5) is 11.5. The lowest BCUT2D eigenvalue weighted by Crippen LogP contribution is -2.25. The van der Waals surface area contributed by atoms with Crippen molar-refractivity contribution in [1.82, 2.24) is 0 Å². The fourth-order valence-corrected chi connectivity index (χ4v) is 2.24. The SMILES string of the molecule is C=C(C)C(=O)OCC(C1C=CC=C1)C1C=CC=C1. The van der Waals surface area contributed by atoms with Crippen molar-refractivity contribution in [3.8, 4) is 0 Å². The molecule has 0 N–H and O–H groups in total. The average molecular weight is 242 g/mol. The molecule has 0 unspecified atom stereocenters. The van der Waals surface area contributed by atoms with Crippen LogP contribution in [0.1, 0.15) is 6.92 Å². The largest absolute Gasteiger partial charge is 0.462 e. The van der Waals surface area contributed by atoms with Crippen molar-refractivity contribution < 1.29 is 9.53 Å². The van der Waals surface area contributed by atoms with Crippen LogP contribution in [0.25, 0.3) is 0 Å². The van der Waals surface area contributed by atoms with E-state index in [2.05, 4.69) is 30.9 Å². The summed E-state index contributed by atoms with van der Waals surface area (Å²) in [5.74, 6) is 0.621.